The van der Waals surface area contributed by atoms with Crippen molar-refractivity contribution in [2.24, 2.45) is 28.9 Å². The Hall–Kier alpha value is -5.82. The summed E-state index contributed by atoms with van der Waals surface area (Å²) in [4.78, 5) is 38.5. The molecule has 0 saturated carbocycles. The van der Waals surface area contributed by atoms with Gasteiger partial charge in [0.05, 0.1) is 56.4 Å². The van der Waals surface area contributed by atoms with Crippen LogP contribution in [0.25, 0.3) is 11.4 Å². The number of hydrazine groups is 2. The Morgan fingerprint density at radius 1 is 0.667 bits per heavy atom. The number of carboxylic acid groups (broad SMARTS) is 2. The van der Waals surface area contributed by atoms with Crippen LogP contribution < -0.4 is 38.9 Å². The van der Waals surface area contributed by atoms with Crippen molar-refractivity contribution in [3.63, 3.8) is 0 Å². The Kier molecular flexibility index (Phi) is 9.30. The van der Waals surface area contributed by atoms with Gasteiger partial charge >= 0.3 is 24.3 Å². The first kappa shape index (κ1) is 33.7. The van der Waals surface area contributed by atoms with Crippen molar-refractivity contribution in [2.75, 3.05) is 10.0 Å². The van der Waals surface area contributed by atoms with Crippen LogP contribution in [0, 0.1) is 0 Å². The lowest BCUT2D eigenvalue weighted by Crippen LogP contribution is -2.27. The number of hydrogen-bond acceptors (Lipinski definition) is 10. The molecular formula is C26H22F6N8O5. The van der Waals surface area contributed by atoms with Gasteiger partial charge in [0.25, 0.3) is 0 Å². The molecule has 0 aliphatic heterocycles. The van der Waals surface area contributed by atoms with Gasteiger partial charge in [0.2, 0.25) is 5.91 Å². The zero-order chi connectivity index (χ0) is 34.0. The number of aromatic nitrogens is 1. The molecule has 0 bridgehead atoms. The van der Waals surface area contributed by atoms with E-state index in [4.69, 9.17) is 39.1 Å². The summed E-state index contributed by atoms with van der Waals surface area (Å²) in [5.74, 6) is 7.01. The van der Waals surface area contributed by atoms with Gasteiger partial charge in [0, 0.05) is 18.0 Å². The summed E-state index contributed by atoms with van der Waals surface area (Å²) >= 11 is 0. The highest BCUT2D eigenvalue weighted by Crippen LogP contribution is 2.36. The molecule has 12 N–H and O–H groups in total. The maximum Gasteiger partial charge on any atom is 0.417 e. The number of carbonyl (C=O) groups excluding carboxylic acids is 1. The number of alkyl halides is 6. The number of rotatable bonds is 9. The first-order valence-electron chi connectivity index (χ1n) is 11.9. The van der Waals surface area contributed by atoms with E-state index < -0.39 is 52.5 Å². The first-order valence-corrected chi connectivity index (χ1v) is 11.9. The Balaban J connectivity index is 2.03. The van der Waals surface area contributed by atoms with E-state index in [9.17, 15) is 40.7 Å². The number of benzene rings is 2. The molecule has 0 unspecified atom stereocenters. The minimum Gasteiger partial charge on any atom is -0.478 e. The molecule has 0 radical (unpaired) electrons. The molecule has 3 aromatic rings. The molecular weight excluding hydrogens is 618 g/mol. The highest BCUT2D eigenvalue weighted by molar-refractivity contribution is 5.94. The number of primary amides is 1. The molecule has 45 heavy (non-hydrogen) atoms. The topological polar surface area (TPSA) is 241 Å². The van der Waals surface area contributed by atoms with Crippen molar-refractivity contribution in [3.8, 4) is 0 Å². The molecule has 1 aromatic heterocycles. The zero-order valence-corrected chi connectivity index (χ0v) is 22.4. The van der Waals surface area contributed by atoms with Gasteiger partial charge in [0.15, 0.2) is 0 Å². The van der Waals surface area contributed by atoms with Crippen LogP contribution in [-0.2, 0) is 12.4 Å². The van der Waals surface area contributed by atoms with Crippen LogP contribution in [0.2, 0.25) is 0 Å². The predicted molar refractivity (Wildman–Crippen MR) is 147 cm³/mol. The van der Waals surface area contributed by atoms with Crippen molar-refractivity contribution < 1.29 is 50.9 Å². The SMILES string of the molecule is NC(=O)c1cc(/C(N)=C/N(N)c2ccc(C(=O)O)c(C(F)(F)F)c2)nc(/C(N)=C/N(N)c2ccc(C(=O)O)c(C(F)(F)F)c2)c1. The van der Waals surface area contributed by atoms with Crippen molar-refractivity contribution in [1.29, 1.82) is 0 Å². The Morgan fingerprint density at radius 3 is 1.31 bits per heavy atom. The van der Waals surface area contributed by atoms with E-state index in [-0.39, 0.29) is 39.7 Å². The number of nitrogens with two attached hydrogens (primary N) is 5. The molecule has 0 aliphatic carbocycles. The lowest BCUT2D eigenvalue weighted by molar-refractivity contribution is -0.138. The van der Waals surface area contributed by atoms with Gasteiger partial charge in [-0.05, 0) is 48.5 Å². The van der Waals surface area contributed by atoms with Crippen LogP contribution >= 0.6 is 0 Å². The number of carbonyl (C=O) groups is 3. The highest BCUT2D eigenvalue weighted by Gasteiger charge is 2.37. The molecule has 1 amide bonds. The highest BCUT2D eigenvalue weighted by atomic mass is 19.4. The molecule has 1 heterocycles. The van der Waals surface area contributed by atoms with Crippen molar-refractivity contribution in [1.82, 2.24) is 4.98 Å². The molecule has 0 aliphatic rings. The average Bonchev–Trinajstić information content (AvgIpc) is 2.94. The zero-order valence-electron chi connectivity index (χ0n) is 22.4. The number of anilines is 2. The molecule has 2 aromatic carbocycles. The fourth-order valence-electron chi connectivity index (χ4n) is 3.78. The van der Waals surface area contributed by atoms with Crippen LogP contribution in [0.3, 0.4) is 0 Å². The number of aromatic carboxylic acids is 2. The van der Waals surface area contributed by atoms with E-state index in [1.54, 1.807) is 0 Å². The summed E-state index contributed by atoms with van der Waals surface area (Å²) in [5, 5.41) is 19.4. The van der Waals surface area contributed by atoms with E-state index in [2.05, 4.69) is 4.98 Å². The van der Waals surface area contributed by atoms with E-state index in [0.29, 0.717) is 34.3 Å². The van der Waals surface area contributed by atoms with Gasteiger partial charge in [-0.2, -0.15) is 26.3 Å². The number of amides is 1. The third kappa shape index (κ3) is 7.77. The second kappa shape index (κ2) is 12.4. The third-order valence-corrected chi connectivity index (χ3v) is 5.93. The lowest BCUT2D eigenvalue weighted by Gasteiger charge is -2.19. The Labute approximate surface area is 248 Å². The average molecular weight is 641 g/mol. The van der Waals surface area contributed by atoms with Gasteiger partial charge in [-0.25, -0.2) is 26.3 Å². The van der Waals surface area contributed by atoms with E-state index in [1.807, 2.05) is 0 Å². The summed E-state index contributed by atoms with van der Waals surface area (Å²) < 4.78 is 80.5. The molecule has 19 heteroatoms. The van der Waals surface area contributed by atoms with Gasteiger partial charge in [-0.1, -0.05) is 0 Å². The second-order valence-corrected chi connectivity index (χ2v) is 9.04. The van der Waals surface area contributed by atoms with Crippen molar-refractivity contribution in [2.45, 2.75) is 12.4 Å². The van der Waals surface area contributed by atoms with Crippen LogP contribution in [0.1, 0.15) is 53.6 Å². The smallest absolute Gasteiger partial charge is 0.417 e. The van der Waals surface area contributed by atoms with Gasteiger partial charge in [-0.3, -0.25) is 14.8 Å². The summed E-state index contributed by atoms with van der Waals surface area (Å²) in [6.07, 6.45) is -8.30. The molecule has 238 valence electrons. The number of halogens is 6. The molecule has 13 nitrogen and oxygen atoms in total. The monoisotopic (exact) mass is 640 g/mol. The largest absolute Gasteiger partial charge is 0.478 e. The number of nitrogens with zero attached hydrogens (tertiary/aromatic N) is 3. The first-order chi connectivity index (χ1) is 20.7. The van der Waals surface area contributed by atoms with Crippen molar-refractivity contribution in [3.05, 3.63) is 100 Å². The van der Waals surface area contributed by atoms with Crippen LogP contribution in [0.5, 0.6) is 0 Å². The molecule has 0 spiro atoms. The fourth-order valence-corrected chi connectivity index (χ4v) is 3.78. The molecule has 0 fully saturated rings. The van der Waals surface area contributed by atoms with E-state index >= 15 is 0 Å². The standard InChI is InChI=1S/C26H22F6N8O5/c27-25(28,29)16-7-12(1-3-14(16)23(42)43)39(36)9-18(33)20-5-11(22(35)41)6-21(38-20)19(34)10-40(37)13-2-4-15(24(44)45)17(8-13)26(30,31)32/h1-10H,33-34,36-37H2,(H2,35,41)(H,42,43)(H,44,45)/b18-9-,19-10-. The minimum absolute atomic E-state index is 0.231. The maximum atomic E-state index is 13.4. The quantitative estimate of drug-likeness (QED) is 0.101. The maximum absolute atomic E-state index is 13.4. The van der Waals surface area contributed by atoms with Crippen LogP contribution in [0.15, 0.2) is 60.9 Å². The molecule has 0 saturated heterocycles. The van der Waals surface area contributed by atoms with Crippen LogP contribution in [-0.4, -0.2) is 33.0 Å². The van der Waals surface area contributed by atoms with Gasteiger partial charge < -0.3 is 27.4 Å². The molecule has 3 rings (SSSR count). The summed E-state index contributed by atoms with van der Waals surface area (Å²) in [6.45, 7) is 0. The fraction of sp³-hybridized carbons (Fsp3) is 0.0769. The lowest BCUT2D eigenvalue weighted by atomic mass is 10.1. The number of carboxylic acids is 2. The van der Waals surface area contributed by atoms with Gasteiger partial charge in [-0.15, -0.1) is 0 Å². The Morgan fingerprint density at radius 2 is 1.02 bits per heavy atom. The van der Waals surface area contributed by atoms with Crippen molar-refractivity contribution >= 4 is 40.6 Å². The summed E-state index contributed by atoms with van der Waals surface area (Å²) in [6, 6.07) is 6.42. The predicted octanol–water partition coefficient (Wildman–Crippen LogP) is 2.89. The number of pyridine rings is 1. The minimum atomic E-state index is -5.04. The summed E-state index contributed by atoms with van der Waals surface area (Å²) in [5.41, 5.74) is 10.3. The normalized spacial score (nSPS) is 12.5. The Bertz CT molecular complexity index is 1620. The third-order valence-electron chi connectivity index (χ3n) is 5.93. The molecule has 0 atom stereocenters. The second-order valence-electron chi connectivity index (χ2n) is 9.04. The van der Waals surface area contributed by atoms with E-state index in [1.165, 1.54) is 0 Å². The number of hydrogen-bond donors (Lipinski definition) is 7. The van der Waals surface area contributed by atoms with Crippen LogP contribution in [0.4, 0.5) is 37.7 Å². The van der Waals surface area contributed by atoms with E-state index in [0.717, 1.165) is 36.7 Å². The summed E-state index contributed by atoms with van der Waals surface area (Å²) in [7, 11) is 0. The van der Waals surface area contributed by atoms with Gasteiger partial charge in [0.1, 0.15) is 0 Å².